The molecule has 0 fully saturated rings. The highest BCUT2D eigenvalue weighted by atomic mass is 35.5. The number of sulfonamides is 1. The molecule has 3 aromatic carbocycles. The zero-order valence-corrected chi connectivity index (χ0v) is 25.0. The van der Waals surface area contributed by atoms with Crippen LogP contribution < -0.4 is 14.4 Å². The van der Waals surface area contributed by atoms with E-state index >= 15 is 0 Å². The third kappa shape index (κ3) is 8.61. The van der Waals surface area contributed by atoms with Crippen molar-refractivity contribution in [2.75, 3.05) is 31.3 Å². The van der Waals surface area contributed by atoms with E-state index in [2.05, 4.69) is 5.32 Å². The van der Waals surface area contributed by atoms with Gasteiger partial charge >= 0.3 is 0 Å². The molecule has 3 aromatic rings. The van der Waals surface area contributed by atoms with Crippen molar-refractivity contribution in [3.63, 3.8) is 0 Å². The van der Waals surface area contributed by atoms with Crippen LogP contribution in [0.15, 0.2) is 72.8 Å². The second-order valence-corrected chi connectivity index (χ2v) is 12.0. The van der Waals surface area contributed by atoms with E-state index in [1.54, 1.807) is 42.5 Å². The van der Waals surface area contributed by atoms with Crippen molar-refractivity contribution in [3.8, 4) is 5.75 Å². The fourth-order valence-electron chi connectivity index (χ4n) is 4.31. The molecule has 0 bridgehead atoms. The van der Waals surface area contributed by atoms with Gasteiger partial charge in [0.05, 0.1) is 19.1 Å². The molecule has 0 saturated carbocycles. The third-order valence-corrected chi connectivity index (χ3v) is 8.17. The first-order valence-corrected chi connectivity index (χ1v) is 15.2. The Bertz CT molecular complexity index is 1400. The summed E-state index contributed by atoms with van der Waals surface area (Å²) in [6, 6.07) is 20.2. The van der Waals surface area contributed by atoms with Gasteiger partial charge in [0.1, 0.15) is 11.8 Å². The number of carbonyl (C=O) groups excluding carboxylic acids is 2. The number of halogens is 2. The van der Waals surface area contributed by atoms with Gasteiger partial charge in [0.25, 0.3) is 0 Å². The molecular formula is C29H33Cl2N3O5S. The van der Waals surface area contributed by atoms with Gasteiger partial charge in [-0.05, 0) is 53.9 Å². The van der Waals surface area contributed by atoms with Crippen LogP contribution in [-0.2, 0) is 32.6 Å². The van der Waals surface area contributed by atoms with Crippen LogP contribution in [-0.4, -0.2) is 58.1 Å². The SMILES string of the molecule is CNC(=O)[C@@H](Cc1ccccc1)N(Cc1ccc(Cl)cc1Cl)C(=O)CCCN(c1ccc(OC)cc1)S(C)(=O)=O. The second-order valence-electron chi connectivity index (χ2n) is 9.21. The lowest BCUT2D eigenvalue weighted by atomic mass is 10.0. The van der Waals surface area contributed by atoms with Gasteiger partial charge in [-0.3, -0.25) is 13.9 Å². The number of ether oxygens (including phenoxy) is 1. The number of nitrogens with one attached hydrogen (secondary N) is 1. The summed E-state index contributed by atoms with van der Waals surface area (Å²) in [5.41, 5.74) is 1.99. The number of amides is 2. The Hall–Kier alpha value is -3.27. The Balaban J connectivity index is 1.86. The number of nitrogens with zero attached hydrogens (tertiary/aromatic N) is 2. The third-order valence-electron chi connectivity index (χ3n) is 6.39. The molecule has 0 unspecified atom stereocenters. The Morgan fingerprint density at radius 3 is 2.25 bits per heavy atom. The highest BCUT2D eigenvalue weighted by molar-refractivity contribution is 7.92. The lowest BCUT2D eigenvalue weighted by molar-refractivity contribution is -0.141. The monoisotopic (exact) mass is 605 g/mol. The van der Waals surface area contributed by atoms with Crippen LogP contribution in [0, 0.1) is 0 Å². The topological polar surface area (TPSA) is 96.0 Å². The molecule has 0 saturated heterocycles. The molecule has 0 spiro atoms. The van der Waals surface area contributed by atoms with E-state index in [1.807, 2.05) is 30.3 Å². The van der Waals surface area contributed by atoms with Gasteiger partial charge in [0.2, 0.25) is 21.8 Å². The summed E-state index contributed by atoms with van der Waals surface area (Å²) in [6.07, 6.45) is 1.65. The highest BCUT2D eigenvalue weighted by Gasteiger charge is 2.30. The van der Waals surface area contributed by atoms with Crippen LogP contribution >= 0.6 is 23.2 Å². The van der Waals surface area contributed by atoms with Crippen molar-refractivity contribution in [1.82, 2.24) is 10.2 Å². The minimum atomic E-state index is -3.61. The van der Waals surface area contributed by atoms with Crippen molar-refractivity contribution >= 4 is 50.7 Å². The van der Waals surface area contributed by atoms with E-state index in [0.717, 1.165) is 11.8 Å². The minimum absolute atomic E-state index is 0.00959. The van der Waals surface area contributed by atoms with E-state index < -0.39 is 16.1 Å². The van der Waals surface area contributed by atoms with Crippen molar-refractivity contribution in [3.05, 3.63) is 94.0 Å². The number of methoxy groups -OCH3 is 1. The average Bonchev–Trinajstić information content (AvgIpc) is 2.93. The Kier molecular flexibility index (Phi) is 11.2. The molecule has 0 aliphatic rings. The van der Waals surface area contributed by atoms with Gasteiger partial charge in [-0.2, -0.15) is 0 Å². The van der Waals surface area contributed by atoms with E-state index in [9.17, 15) is 18.0 Å². The second kappa shape index (κ2) is 14.4. The molecule has 0 radical (unpaired) electrons. The molecule has 40 heavy (non-hydrogen) atoms. The minimum Gasteiger partial charge on any atom is -0.497 e. The lowest BCUT2D eigenvalue weighted by Gasteiger charge is -2.32. The van der Waals surface area contributed by atoms with Crippen LogP contribution in [0.3, 0.4) is 0 Å². The number of likely N-dealkylation sites (N-methyl/N-ethyl adjacent to an activating group) is 1. The van der Waals surface area contributed by atoms with E-state index in [1.165, 1.54) is 23.4 Å². The number of benzene rings is 3. The number of hydrogen-bond acceptors (Lipinski definition) is 5. The summed E-state index contributed by atoms with van der Waals surface area (Å²) in [5, 5.41) is 3.51. The molecule has 0 heterocycles. The largest absolute Gasteiger partial charge is 0.497 e. The molecule has 0 aliphatic heterocycles. The van der Waals surface area contributed by atoms with Gasteiger partial charge in [-0.25, -0.2) is 8.42 Å². The summed E-state index contributed by atoms with van der Waals surface area (Å²) in [4.78, 5) is 28.3. The first kappa shape index (κ1) is 31.3. The molecule has 0 aromatic heterocycles. The molecule has 3 rings (SSSR count). The van der Waals surface area contributed by atoms with Crippen molar-refractivity contribution in [2.24, 2.45) is 0 Å². The highest BCUT2D eigenvalue weighted by Crippen LogP contribution is 2.25. The van der Waals surface area contributed by atoms with Crippen molar-refractivity contribution in [2.45, 2.75) is 31.8 Å². The van der Waals surface area contributed by atoms with E-state index in [0.29, 0.717) is 33.5 Å². The molecular weight excluding hydrogens is 573 g/mol. The predicted molar refractivity (Wildman–Crippen MR) is 159 cm³/mol. The quantitative estimate of drug-likeness (QED) is 0.298. The zero-order chi connectivity index (χ0) is 29.3. The van der Waals surface area contributed by atoms with Crippen LogP contribution in [0.5, 0.6) is 5.75 Å². The van der Waals surface area contributed by atoms with Crippen LogP contribution in [0.1, 0.15) is 24.0 Å². The number of rotatable bonds is 13. The number of anilines is 1. The molecule has 2 amide bonds. The van der Waals surface area contributed by atoms with E-state index in [-0.39, 0.29) is 37.7 Å². The zero-order valence-electron chi connectivity index (χ0n) is 22.6. The molecule has 1 N–H and O–H groups in total. The van der Waals surface area contributed by atoms with E-state index in [4.69, 9.17) is 27.9 Å². The summed E-state index contributed by atoms with van der Waals surface area (Å²) in [7, 11) is -0.560. The van der Waals surface area contributed by atoms with Gasteiger partial charge < -0.3 is 15.0 Å². The number of hydrogen-bond donors (Lipinski definition) is 1. The molecule has 214 valence electrons. The fourth-order valence-corrected chi connectivity index (χ4v) is 5.74. The van der Waals surface area contributed by atoms with Gasteiger partial charge in [0.15, 0.2) is 0 Å². The maximum atomic E-state index is 13.7. The molecule has 11 heteroatoms. The van der Waals surface area contributed by atoms with Crippen LogP contribution in [0.25, 0.3) is 0 Å². The van der Waals surface area contributed by atoms with Crippen LogP contribution in [0.4, 0.5) is 5.69 Å². The van der Waals surface area contributed by atoms with Gasteiger partial charge in [-0.1, -0.05) is 59.6 Å². The molecule has 1 atom stereocenters. The first-order chi connectivity index (χ1) is 19.0. The summed E-state index contributed by atoms with van der Waals surface area (Å²) >= 11 is 12.5. The van der Waals surface area contributed by atoms with Crippen molar-refractivity contribution < 1.29 is 22.7 Å². The summed E-state index contributed by atoms with van der Waals surface area (Å²) in [5.74, 6) is -0.0282. The van der Waals surface area contributed by atoms with Crippen LogP contribution in [0.2, 0.25) is 10.0 Å². The van der Waals surface area contributed by atoms with Gasteiger partial charge in [-0.15, -0.1) is 0 Å². The van der Waals surface area contributed by atoms with Gasteiger partial charge in [0, 0.05) is 43.0 Å². The lowest BCUT2D eigenvalue weighted by Crippen LogP contribution is -2.49. The Labute approximate surface area is 245 Å². The Morgan fingerprint density at radius 1 is 1.00 bits per heavy atom. The predicted octanol–water partition coefficient (Wildman–Crippen LogP) is 4.93. The number of carbonyl (C=O) groups is 2. The average molecular weight is 607 g/mol. The maximum absolute atomic E-state index is 13.7. The first-order valence-electron chi connectivity index (χ1n) is 12.6. The Morgan fingerprint density at radius 2 is 1.68 bits per heavy atom. The summed E-state index contributed by atoms with van der Waals surface area (Å²) in [6.45, 7) is 0.157. The maximum Gasteiger partial charge on any atom is 0.242 e. The van der Waals surface area contributed by atoms with Crippen molar-refractivity contribution in [1.29, 1.82) is 0 Å². The molecule has 8 nitrogen and oxygen atoms in total. The molecule has 0 aliphatic carbocycles. The summed E-state index contributed by atoms with van der Waals surface area (Å²) < 4.78 is 31.5. The standard InChI is InChI=1S/C29H33Cl2N3O5S/c1-32-29(36)27(18-21-8-5-4-6-9-21)33(20-22-11-12-23(30)19-26(22)31)28(35)10-7-17-34(40(3,37)38)24-13-15-25(39-2)16-14-24/h4-6,8-9,11-16,19,27H,7,10,17-18,20H2,1-3H3,(H,32,36)/t27-/m1/s1. The fraction of sp³-hybridized carbons (Fsp3) is 0.310. The normalized spacial score (nSPS) is 11.9. The smallest absolute Gasteiger partial charge is 0.242 e.